The number of aromatic nitrogens is 1. The zero-order valence-corrected chi connectivity index (χ0v) is 16.2. The third kappa shape index (κ3) is 4.58. The molecule has 2 fully saturated rings. The van der Waals surface area contributed by atoms with Gasteiger partial charge in [-0.1, -0.05) is 6.92 Å². The van der Waals surface area contributed by atoms with Gasteiger partial charge in [-0.3, -0.25) is 19.7 Å². The molecule has 0 aromatic carbocycles. The molecule has 0 saturated carbocycles. The average molecular weight is 389 g/mol. The predicted octanol–water partition coefficient (Wildman–Crippen LogP) is 1.68. The molecule has 9 heteroatoms. The molecule has 2 aliphatic heterocycles. The lowest BCUT2D eigenvalue weighted by atomic mass is 9.95. The van der Waals surface area contributed by atoms with Crippen LogP contribution >= 0.6 is 0 Å². The fraction of sp³-hybridized carbons (Fsp3) is 0.632. The molecule has 2 amide bonds. The summed E-state index contributed by atoms with van der Waals surface area (Å²) >= 11 is 0. The van der Waals surface area contributed by atoms with E-state index in [2.05, 4.69) is 4.98 Å². The molecule has 0 spiro atoms. The Morgan fingerprint density at radius 1 is 1.18 bits per heavy atom. The van der Waals surface area contributed by atoms with Crippen molar-refractivity contribution >= 4 is 23.3 Å². The molecule has 152 valence electrons. The van der Waals surface area contributed by atoms with Crippen LogP contribution in [0, 0.1) is 16.0 Å². The maximum absolute atomic E-state index is 12.9. The highest BCUT2D eigenvalue weighted by atomic mass is 16.6. The topological polar surface area (TPSA) is 99.9 Å². The van der Waals surface area contributed by atoms with Gasteiger partial charge >= 0.3 is 0 Å². The largest absolute Gasteiger partial charge is 0.353 e. The van der Waals surface area contributed by atoms with Gasteiger partial charge in [0.25, 0.3) is 5.69 Å². The van der Waals surface area contributed by atoms with Crippen LogP contribution in [0.15, 0.2) is 18.3 Å². The first-order chi connectivity index (χ1) is 13.5. The molecular formula is C19H27N5O4. The van der Waals surface area contributed by atoms with Gasteiger partial charge in [0.15, 0.2) is 0 Å². The van der Waals surface area contributed by atoms with E-state index in [-0.39, 0.29) is 23.4 Å². The van der Waals surface area contributed by atoms with E-state index in [0.29, 0.717) is 45.0 Å². The van der Waals surface area contributed by atoms with Crippen LogP contribution in [0.5, 0.6) is 0 Å². The second-order valence-corrected chi connectivity index (χ2v) is 7.37. The fourth-order valence-corrected chi connectivity index (χ4v) is 3.86. The summed E-state index contributed by atoms with van der Waals surface area (Å²) in [4.78, 5) is 45.3. The van der Waals surface area contributed by atoms with Crippen LogP contribution in [-0.4, -0.2) is 70.8 Å². The minimum absolute atomic E-state index is 0.0305. The van der Waals surface area contributed by atoms with Crippen LogP contribution < -0.4 is 4.90 Å². The van der Waals surface area contributed by atoms with Gasteiger partial charge in [0.2, 0.25) is 11.8 Å². The lowest BCUT2D eigenvalue weighted by molar-refractivity contribution is -0.385. The molecule has 28 heavy (non-hydrogen) atoms. The van der Waals surface area contributed by atoms with Crippen molar-refractivity contribution in [3.8, 4) is 0 Å². The normalized spacial score (nSPS) is 20.2. The number of hydrogen-bond acceptors (Lipinski definition) is 6. The van der Waals surface area contributed by atoms with Crippen LogP contribution in [-0.2, 0) is 9.59 Å². The van der Waals surface area contributed by atoms with Crippen molar-refractivity contribution in [1.82, 2.24) is 14.8 Å². The van der Waals surface area contributed by atoms with Gasteiger partial charge in [-0.15, -0.1) is 0 Å². The number of piperidine rings is 1. The third-order valence-corrected chi connectivity index (χ3v) is 5.45. The zero-order chi connectivity index (χ0) is 20.1. The van der Waals surface area contributed by atoms with Gasteiger partial charge in [0.05, 0.1) is 10.8 Å². The predicted molar refractivity (Wildman–Crippen MR) is 104 cm³/mol. The standard InChI is InChI=1S/C19H27N5O4/c1-2-4-18(25)23-8-3-5-15(14-23)19(26)22-11-9-21(10-12-22)17-7-6-16(13-20-17)24(27)28/h6-7,13,15H,2-5,8-12,14H2,1H3. The Balaban J connectivity index is 1.53. The molecule has 3 rings (SSSR count). The zero-order valence-electron chi connectivity index (χ0n) is 16.2. The summed E-state index contributed by atoms with van der Waals surface area (Å²) < 4.78 is 0. The highest BCUT2D eigenvalue weighted by molar-refractivity contribution is 5.81. The van der Waals surface area contributed by atoms with E-state index >= 15 is 0 Å². The SMILES string of the molecule is CCCC(=O)N1CCCC(C(=O)N2CCN(c3ccc([N+](=O)[O-])cn3)CC2)C1. The van der Waals surface area contributed by atoms with E-state index in [9.17, 15) is 19.7 Å². The number of rotatable bonds is 5. The second kappa shape index (κ2) is 8.99. The fourth-order valence-electron chi connectivity index (χ4n) is 3.86. The van der Waals surface area contributed by atoms with Crippen molar-refractivity contribution in [1.29, 1.82) is 0 Å². The maximum Gasteiger partial charge on any atom is 0.287 e. The molecule has 2 aliphatic rings. The Bertz CT molecular complexity index is 716. The van der Waals surface area contributed by atoms with Crippen molar-refractivity contribution in [2.45, 2.75) is 32.6 Å². The molecule has 0 bridgehead atoms. The summed E-state index contributed by atoms with van der Waals surface area (Å²) in [6.45, 7) is 5.74. The highest BCUT2D eigenvalue weighted by Gasteiger charge is 2.32. The van der Waals surface area contributed by atoms with Gasteiger partial charge in [-0.2, -0.15) is 0 Å². The lowest BCUT2D eigenvalue weighted by Crippen LogP contribution is -2.53. The lowest BCUT2D eigenvalue weighted by Gasteiger charge is -2.39. The van der Waals surface area contributed by atoms with E-state index in [1.807, 2.05) is 21.6 Å². The Kier molecular flexibility index (Phi) is 6.43. The molecule has 0 aliphatic carbocycles. The Labute approximate surface area is 164 Å². The first kappa shape index (κ1) is 20.0. The summed E-state index contributed by atoms with van der Waals surface area (Å²) in [5.74, 6) is 0.852. The van der Waals surface area contributed by atoms with Gasteiger partial charge in [0.1, 0.15) is 12.0 Å². The quantitative estimate of drug-likeness (QED) is 0.561. The van der Waals surface area contributed by atoms with Crippen LogP contribution in [0.3, 0.4) is 0 Å². The third-order valence-electron chi connectivity index (χ3n) is 5.45. The number of carbonyl (C=O) groups excluding carboxylic acids is 2. The summed E-state index contributed by atoms with van der Waals surface area (Å²) in [5.41, 5.74) is -0.0305. The molecule has 1 aromatic heterocycles. The Morgan fingerprint density at radius 2 is 1.93 bits per heavy atom. The number of piperazine rings is 1. The number of amides is 2. The minimum atomic E-state index is -0.466. The maximum atomic E-state index is 12.9. The first-order valence-electron chi connectivity index (χ1n) is 9.91. The van der Waals surface area contributed by atoms with Crippen LogP contribution in [0.1, 0.15) is 32.6 Å². The number of anilines is 1. The Hall–Kier alpha value is -2.71. The van der Waals surface area contributed by atoms with E-state index in [1.54, 1.807) is 6.07 Å². The number of carbonyl (C=O) groups is 2. The van der Waals surface area contributed by atoms with Gasteiger partial charge in [-0.05, 0) is 25.3 Å². The number of nitro groups is 1. The van der Waals surface area contributed by atoms with E-state index < -0.39 is 4.92 Å². The minimum Gasteiger partial charge on any atom is -0.353 e. The van der Waals surface area contributed by atoms with Crippen LogP contribution in [0.4, 0.5) is 11.5 Å². The number of hydrogen-bond donors (Lipinski definition) is 0. The van der Waals surface area contributed by atoms with Crippen LogP contribution in [0.2, 0.25) is 0 Å². The molecule has 1 aromatic rings. The molecule has 3 heterocycles. The molecule has 1 atom stereocenters. The van der Waals surface area contributed by atoms with E-state index in [4.69, 9.17) is 0 Å². The summed E-state index contributed by atoms with van der Waals surface area (Å²) in [6.07, 6.45) is 4.34. The van der Waals surface area contributed by atoms with Gasteiger partial charge in [-0.25, -0.2) is 4.98 Å². The first-order valence-corrected chi connectivity index (χ1v) is 9.91. The molecule has 9 nitrogen and oxygen atoms in total. The van der Waals surface area contributed by atoms with E-state index in [0.717, 1.165) is 25.8 Å². The number of pyridine rings is 1. The second-order valence-electron chi connectivity index (χ2n) is 7.37. The van der Waals surface area contributed by atoms with Crippen molar-refractivity contribution in [3.05, 3.63) is 28.4 Å². The Morgan fingerprint density at radius 3 is 2.54 bits per heavy atom. The highest BCUT2D eigenvalue weighted by Crippen LogP contribution is 2.22. The summed E-state index contributed by atoms with van der Waals surface area (Å²) in [5, 5.41) is 10.7. The van der Waals surface area contributed by atoms with Crippen molar-refractivity contribution < 1.29 is 14.5 Å². The smallest absolute Gasteiger partial charge is 0.287 e. The van der Waals surface area contributed by atoms with Crippen molar-refractivity contribution in [2.75, 3.05) is 44.2 Å². The van der Waals surface area contributed by atoms with Crippen molar-refractivity contribution in [2.24, 2.45) is 5.92 Å². The summed E-state index contributed by atoms with van der Waals surface area (Å²) in [7, 11) is 0. The molecule has 0 N–H and O–H groups in total. The molecule has 0 radical (unpaired) electrons. The molecular weight excluding hydrogens is 362 g/mol. The van der Waals surface area contributed by atoms with Crippen molar-refractivity contribution in [3.63, 3.8) is 0 Å². The monoisotopic (exact) mass is 389 g/mol. The average Bonchev–Trinajstić information content (AvgIpc) is 2.73. The van der Waals surface area contributed by atoms with Gasteiger partial charge in [0, 0.05) is 51.8 Å². The summed E-state index contributed by atoms with van der Waals surface area (Å²) in [6, 6.07) is 3.09. The number of likely N-dealkylation sites (tertiary alicyclic amines) is 1. The number of nitrogens with zero attached hydrogens (tertiary/aromatic N) is 5. The molecule has 2 saturated heterocycles. The molecule has 1 unspecified atom stereocenters. The van der Waals surface area contributed by atoms with E-state index in [1.165, 1.54) is 12.3 Å². The van der Waals surface area contributed by atoms with Gasteiger partial charge < -0.3 is 14.7 Å². The van der Waals surface area contributed by atoms with Crippen LogP contribution in [0.25, 0.3) is 0 Å².